The van der Waals surface area contributed by atoms with Gasteiger partial charge in [0.25, 0.3) is 0 Å². The third-order valence-electron chi connectivity index (χ3n) is 2.97. The summed E-state index contributed by atoms with van der Waals surface area (Å²) in [6.45, 7) is 6.57. The quantitative estimate of drug-likeness (QED) is 0.872. The molecule has 2 unspecified atom stereocenters. The Hall–Kier alpha value is -0.340. The average Bonchev–Trinajstić information content (AvgIpc) is 2.21. The summed E-state index contributed by atoms with van der Waals surface area (Å²) in [6.07, 6.45) is 2.25. The van der Waals surface area contributed by atoms with E-state index in [1.165, 1.54) is 22.0 Å². The van der Waals surface area contributed by atoms with Crippen LogP contribution in [0.2, 0.25) is 0 Å². The van der Waals surface area contributed by atoms with Gasteiger partial charge in [0, 0.05) is 10.5 Å². The molecule has 84 valence electrons. The molecular weight excluding hydrogens is 250 g/mol. The molecule has 2 N–H and O–H groups in total. The Labute approximate surface area is 101 Å². The molecule has 0 saturated carbocycles. The van der Waals surface area contributed by atoms with E-state index in [0.29, 0.717) is 5.92 Å². The van der Waals surface area contributed by atoms with Crippen LogP contribution in [0.1, 0.15) is 43.9 Å². The summed E-state index contributed by atoms with van der Waals surface area (Å²) in [4.78, 5) is 0. The second-order valence-corrected chi connectivity index (χ2v) is 5.13. The minimum atomic E-state index is 0.147. The first kappa shape index (κ1) is 12.7. The Morgan fingerprint density at radius 1 is 1.40 bits per heavy atom. The van der Waals surface area contributed by atoms with E-state index < -0.39 is 0 Å². The largest absolute Gasteiger partial charge is 0.324 e. The Kier molecular flexibility index (Phi) is 4.81. The summed E-state index contributed by atoms with van der Waals surface area (Å²) in [7, 11) is 0. The van der Waals surface area contributed by atoms with Crippen molar-refractivity contribution in [2.24, 2.45) is 11.7 Å². The van der Waals surface area contributed by atoms with E-state index in [-0.39, 0.29) is 6.04 Å². The zero-order valence-electron chi connectivity index (χ0n) is 9.76. The smallest absolute Gasteiger partial charge is 0.0308 e. The Balaban J connectivity index is 2.82. The van der Waals surface area contributed by atoms with Gasteiger partial charge in [-0.1, -0.05) is 54.4 Å². The number of benzene rings is 1. The van der Waals surface area contributed by atoms with Crippen molar-refractivity contribution in [1.29, 1.82) is 0 Å². The fraction of sp³-hybridized carbons (Fsp3) is 0.538. The highest BCUT2D eigenvalue weighted by Gasteiger charge is 2.13. The average molecular weight is 270 g/mol. The van der Waals surface area contributed by atoms with Gasteiger partial charge >= 0.3 is 0 Å². The minimum Gasteiger partial charge on any atom is -0.324 e. The second kappa shape index (κ2) is 5.66. The maximum absolute atomic E-state index is 6.21. The molecule has 0 bridgehead atoms. The molecule has 0 aromatic heterocycles. The van der Waals surface area contributed by atoms with Gasteiger partial charge in [-0.15, -0.1) is 0 Å². The lowest BCUT2D eigenvalue weighted by Crippen LogP contribution is -2.14. The number of hydrogen-bond acceptors (Lipinski definition) is 1. The molecule has 0 aliphatic rings. The van der Waals surface area contributed by atoms with Gasteiger partial charge in [0.15, 0.2) is 0 Å². The van der Waals surface area contributed by atoms with Gasteiger partial charge in [-0.2, -0.15) is 0 Å². The number of aryl methyl sites for hydroxylation is 1. The molecule has 0 amide bonds. The molecule has 0 aliphatic carbocycles. The van der Waals surface area contributed by atoms with Crippen LogP contribution in [0.15, 0.2) is 22.7 Å². The van der Waals surface area contributed by atoms with E-state index in [4.69, 9.17) is 5.73 Å². The molecule has 0 aliphatic heterocycles. The monoisotopic (exact) mass is 269 g/mol. The Morgan fingerprint density at radius 3 is 2.67 bits per heavy atom. The second-order valence-electron chi connectivity index (χ2n) is 4.33. The van der Waals surface area contributed by atoms with Crippen LogP contribution in [-0.2, 0) is 0 Å². The Bertz CT molecular complexity index is 322. The topological polar surface area (TPSA) is 26.0 Å². The van der Waals surface area contributed by atoms with Crippen molar-refractivity contribution in [3.05, 3.63) is 33.8 Å². The number of hydrogen-bond donors (Lipinski definition) is 1. The predicted octanol–water partition coefficient (Wildman–Crippen LogP) is 4.19. The molecule has 1 aromatic rings. The molecular formula is C13H20BrN. The van der Waals surface area contributed by atoms with E-state index in [1.54, 1.807) is 0 Å². The third kappa shape index (κ3) is 3.32. The molecule has 1 aromatic carbocycles. The summed E-state index contributed by atoms with van der Waals surface area (Å²) in [5, 5.41) is 0. The molecule has 0 heterocycles. The van der Waals surface area contributed by atoms with E-state index in [9.17, 15) is 0 Å². The fourth-order valence-corrected chi connectivity index (χ4v) is 2.24. The first-order valence-electron chi connectivity index (χ1n) is 5.56. The van der Waals surface area contributed by atoms with Gasteiger partial charge < -0.3 is 5.73 Å². The van der Waals surface area contributed by atoms with Gasteiger partial charge in [0.05, 0.1) is 0 Å². The van der Waals surface area contributed by atoms with Crippen molar-refractivity contribution in [2.75, 3.05) is 0 Å². The van der Waals surface area contributed by atoms with Crippen molar-refractivity contribution in [3.8, 4) is 0 Å². The normalized spacial score (nSPS) is 15.0. The van der Waals surface area contributed by atoms with Gasteiger partial charge in [-0.25, -0.2) is 0 Å². The van der Waals surface area contributed by atoms with Crippen LogP contribution >= 0.6 is 15.9 Å². The number of rotatable bonds is 4. The van der Waals surface area contributed by atoms with Gasteiger partial charge in [0.1, 0.15) is 0 Å². The zero-order chi connectivity index (χ0) is 11.4. The van der Waals surface area contributed by atoms with Crippen LogP contribution in [0, 0.1) is 12.8 Å². The lowest BCUT2D eigenvalue weighted by atomic mass is 9.94. The highest BCUT2D eigenvalue weighted by molar-refractivity contribution is 9.10. The summed E-state index contributed by atoms with van der Waals surface area (Å²) < 4.78 is 1.17. The van der Waals surface area contributed by atoms with Crippen LogP contribution in [-0.4, -0.2) is 0 Å². The van der Waals surface area contributed by atoms with Crippen LogP contribution in [0.25, 0.3) is 0 Å². The van der Waals surface area contributed by atoms with Crippen molar-refractivity contribution < 1.29 is 0 Å². The lowest BCUT2D eigenvalue weighted by Gasteiger charge is -2.18. The number of halogens is 1. The lowest BCUT2D eigenvalue weighted by molar-refractivity contribution is 0.460. The van der Waals surface area contributed by atoms with Crippen LogP contribution in [0.3, 0.4) is 0 Å². The number of nitrogens with two attached hydrogens (primary N) is 1. The molecule has 0 spiro atoms. The minimum absolute atomic E-state index is 0.147. The van der Waals surface area contributed by atoms with Crippen molar-refractivity contribution in [3.63, 3.8) is 0 Å². The van der Waals surface area contributed by atoms with Crippen LogP contribution < -0.4 is 5.73 Å². The highest BCUT2D eigenvalue weighted by Crippen LogP contribution is 2.29. The van der Waals surface area contributed by atoms with Crippen molar-refractivity contribution >= 4 is 15.9 Å². The molecule has 15 heavy (non-hydrogen) atoms. The molecule has 2 heteroatoms. The first-order chi connectivity index (χ1) is 7.06. The molecule has 0 fully saturated rings. The maximum atomic E-state index is 6.21. The predicted molar refractivity (Wildman–Crippen MR) is 69.9 cm³/mol. The summed E-state index contributed by atoms with van der Waals surface area (Å²) >= 11 is 3.61. The van der Waals surface area contributed by atoms with E-state index in [1.807, 2.05) is 0 Å². The zero-order valence-corrected chi connectivity index (χ0v) is 11.3. The molecule has 0 radical (unpaired) electrons. The van der Waals surface area contributed by atoms with Crippen LogP contribution in [0.5, 0.6) is 0 Å². The van der Waals surface area contributed by atoms with Crippen molar-refractivity contribution in [2.45, 2.75) is 39.7 Å². The first-order valence-corrected chi connectivity index (χ1v) is 6.36. The molecule has 0 saturated heterocycles. The maximum Gasteiger partial charge on any atom is 0.0308 e. The molecule has 2 atom stereocenters. The standard InChI is InChI=1S/C13H20BrN/c1-4-9(2)8-12(15)11-7-5-6-10(3)13(11)14/h5-7,9,12H,4,8,15H2,1-3H3. The summed E-state index contributed by atoms with van der Waals surface area (Å²) in [5.74, 6) is 0.687. The molecule has 1 nitrogen and oxygen atoms in total. The van der Waals surface area contributed by atoms with Gasteiger partial charge in [-0.3, -0.25) is 0 Å². The van der Waals surface area contributed by atoms with Crippen LogP contribution in [0.4, 0.5) is 0 Å². The van der Waals surface area contributed by atoms with Gasteiger partial charge in [-0.05, 0) is 30.4 Å². The summed E-state index contributed by atoms with van der Waals surface area (Å²) in [6, 6.07) is 6.44. The van der Waals surface area contributed by atoms with E-state index >= 15 is 0 Å². The highest BCUT2D eigenvalue weighted by atomic mass is 79.9. The molecule has 1 rings (SSSR count). The third-order valence-corrected chi connectivity index (χ3v) is 4.06. The van der Waals surface area contributed by atoms with E-state index in [0.717, 1.165) is 6.42 Å². The fourth-order valence-electron chi connectivity index (χ4n) is 1.68. The van der Waals surface area contributed by atoms with Gasteiger partial charge in [0.2, 0.25) is 0 Å². The Morgan fingerprint density at radius 2 is 2.07 bits per heavy atom. The van der Waals surface area contributed by atoms with E-state index in [2.05, 4.69) is 54.9 Å². The van der Waals surface area contributed by atoms with Crippen molar-refractivity contribution in [1.82, 2.24) is 0 Å². The summed E-state index contributed by atoms with van der Waals surface area (Å²) in [5.41, 5.74) is 8.70. The SMILES string of the molecule is CCC(C)CC(N)c1cccc(C)c1Br.